The summed E-state index contributed by atoms with van der Waals surface area (Å²) in [5, 5.41) is 3.41. The molecule has 0 amide bonds. The van der Waals surface area contributed by atoms with Gasteiger partial charge in [0.25, 0.3) is 0 Å². The van der Waals surface area contributed by atoms with Crippen molar-refractivity contribution in [2.75, 3.05) is 7.05 Å². The zero-order chi connectivity index (χ0) is 14.9. The first-order chi connectivity index (χ1) is 9.34. The number of thiophene rings is 1. The van der Waals surface area contributed by atoms with Crippen LogP contribution in [0, 0.1) is 0 Å². The van der Waals surface area contributed by atoms with Crippen molar-refractivity contribution in [2.45, 2.75) is 12.2 Å². The van der Waals surface area contributed by atoms with Crippen molar-refractivity contribution in [1.29, 1.82) is 0 Å². The van der Waals surface area contributed by atoms with Crippen LogP contribution >= 0.6 is 38.9 Å². The van der Waals surface area contributed by atoms with Crippen molar-refractivity contribution in [3.63, 3.8) is 0 Å². The second-order valence-corrected chi connectivity index (χ2v) is 6.89. The highest BCUT2D eigenvalue weighted by atomic mass is 79.9. The predicted molar refractivity (Wildman–Crippen MR) is 79.4 cm³/mol. The van der Waals surface area contributed by atoms with Crippen LogP contribution in [0.2, 0.25) is 5.02 Å². The molecule has 0 aliphatic heterocycles. The van der Waals surface area contributed by atoms with E-state index in [0.29, 0.717) is 8.81 Å². The smallest absolute Gasteiger partial charge is 0.309 e. The number of nitrogens with one attached hydrogen (secondary N) is 1. The Morgan fingerprint density at radius 1 is 1.30 bits per heavy atom. The zero-order valence-electron chi connectivity index (χ0n) is 10.3. The van der Waals surface area contributed by atoms with Crippen molar-refractivity contribution >= 4 is 38.9 Å². The van der Waals surface area contributed by atoms with Gasteiger partial charge in [0.2, 0.25) is 0 Å². The van der Waals surface area contributed by atoms with Crippen molar-refractivity contribution in [1.82, 2.24) is 5.32 Å². The third-order valence-corrected chi connectivity index (χ3v) is 5.35. The van der Waals surface area contributed by atoms with Crippen LogP contribution < -0.4 is 5.32 Å². The lowest BCUT2D eigenvalue weighted by molar-refractivity contribution is -0.138. The summed E-state index contributed by atoms with van der Waals surface area (Å²) in [6.07, 6.45) is -4.38. The minimum atomic E-state index is -4.38. The highest BCUT2D eigenvalue weighted by Crippen LogP contribution is 2.41. The highest BCUT2D eigenvalue weighted by molar-refractivity contribution is 9.11. The van der Waals surface area contributed by atoms with E-state index in [1.54, 1.807) is 19.2 Å². The fourth-order valence-electron chi connectivity index (χ4n) is 1.96. The minimum absolute atomic E-state index is 0.188. The largest absolute Gasteiger partial charge is 0.416 e. The fraction of sp³-hybridized carbons (Fsp3) is 0.231. The molecule has 2 rings (SSSR count). The third kappa shape index (κ3) is 3.19. The summed E-state index contributed by atoms with van der Waals surface area (Å²) < 4.78 is 40.0. The van der Waals surface area contributed by atoms with Crippen LogP contribution in [0.15, 0.2) is 34.1 Å². The Morgan fingerprint density at radius 2 is 1.95 bits per heavy atom. The Labute approximate surface area is 131 Å². The molecule has 20 heavy (non-hydrogen) atoms. The summed E-state index contributed by atoms with van der Waals surface area (Å²) in [5.74, 6) is 0. The second kappa shape index (κ2) is 6.05. The number of rotatable bonds is 3. The van der Waals surface area contributed by atoms with Crippen LogP contribution in [0.3, 0.4) is 0 Å². The molecular weight excluding hydrogens is 375 g/mol. The summed E-state index contributed by atoms with van der Waals surface area (Å²) in [5.41, 5.74) is -0.451. The van der Waals surface area contributed by atoms with Gasteiger partial charge >= 0.3 is 6.18 Å². The maximum atomic E-state index is 13.1. The molecule has 0 spiro atoms. The van der Waals surface area contributed by atoms with Gasteiger partial charge in [-0.15, -0.1) is 11.3 Å². The number of hydrogen-bond donors (Lipinski definition) is 1. The van der Waals surface area contributed by atoms with Crippen molar-refractivity contribution in [3.8, 4) is 0 Å². The second-order valence-electron chi connectivity index (χ2n) is 4.08. The van der Waals surface area contributed by atoms with Crippen LogP contribution in [-0.2, 0) is 6.18 Å². The predicted octanol–water partition coefficient (Wildman–Crippen LogP) is 5.49. The third-order valence-electron chi connectivity index (χ3n) is 2.81. The van der Waals surface area contributed by atoms with E-state index in [2.05, 4.69) is 21.2 Å². The molecule has 0 saturated heterocycles. The van der Waals surface area contributed by atoms with Gasteiger partial charge in [0.15, 0.2) is 0 Å². The molecule has 1 atom stereocenters. The van der Waals surface area contributed by atoms with E-state index in [0.717, 1.165) is 10.9 Å². The van der Waals surface area contributed by atoms with Gasteiger partial charge in [0.1, 0.15) is 0 Å². The average Bonchev–Trinajstić information content (AvgIpc) is 2.70. The summed E-state index contributed by atoms with van der Waals surface area (Å²) in [7, 11) is 1.62. The molecule has 0 radical (unpaired) electrons. The molecule has 0 fully saturated rings. The van der Waals surface area contributed by atoms with E-state index in [1.165, 1.54) is 23.5 Å². The topological polar surface area (TPSA) is 12.0 Å². The molecule has 2 aromatic rings. The van der Waals surface area contributed by atoms with E-state index >= 15 is 0 Å². The van der Waals surface area contributed by atoms with Crippen molar-refractivity contribution < 1.29 is 13.2 Å². The minimum Gasteiger partial charge on any atom is -0.309 e. The van der Waals surface area contributed by atoms with Crippen molar-refractivity contribution in [3.05, 3.63) is 55.1 Å². The molecule has 1 unspecified atom stereocenters. The molecule has 108 valence electrons. The normalized spacial score (nSPS) is 13.5. The first-order valence-corrected chi connectivity index (χ1v) is 7.61. The summed E-state index contributed by atoms with van der Waals surface area (Å²) >= 11 is 10.6. The van der Waals surface area contributed by atoms with Gasteiger partial charge in [-0.2, -0.15) is 13.2 Å². The standard InChI is InChI=1S/C13H10BrClF3NS/c1-19-11(10-6-9(15)12(14)20-10)7-4-2-3-5-8(7)13(16,17)18/h2-6,11,19H,1H3. The van der Waals surface area contributed by atoms with Crippen LogP contribution in [0.5, 0.6) is 0 Å². The molecule has 1 aromatic carbocycles. The Hall–Kier alpha value is -0.560. The number of hydrogen-bond acceptors (Lipinski definition) is 2. The maximum Gasteiger partial charge on any atom is 0.416 e. The van der Waals surface area contributed by atoms with E-state index in [4.69, 9.17) is 11.6 Å². The Bertz CT molecular complexity index is 592. The molecule has 0 bridgehead atoms. The Morgan fingerprint density at radius 3 is 2.45 bits per heavy atom. The molecule has 0 aliphatic carbocycles. The molecule has 1 nitrogen and oxygen atoms in total. The van der Waals surface area contributed by atoms with Crippen LogP contribution in [0.1, 0.15) is 22.0 Å². The average molecular weight is 385 g/mol. The number of halogens is 5. The van der Waals surface area contributed by atoms with Gasteiger partial charge in [-0.1, -0.05) is 29.8 Å². The van der Waals surface area contributed by atoms with Crippen molar-refractivity contribution in [2.24, 2.45) is 0 Å². The van der Waals surface area contributed by atoms with Crippen LogP contribution in [0.25, 0.3) is 0 Å². The van der Waals surface area contributed by atoms with E-state index < -0.39 is 17.8 Å². The van der Waals surface area contributed by atoms with Crippen LogP contribution in [0.4, 0.5) is 13.2 Å². The lowest BCUT2D eigenvalue weighted by Crippen LogP contribution is -2.21. The lowest BCUT2D eigenvalue weighted by atomic mass is 9.99. The van der Waals surface area contributed by atoms with Gasteiger partial charge in [0, 0.05) is 4.88 Å². The van der Waals surface area contributed by atoms with E-state index in [1.807, 2.05) is 0 Å². The van der Waals surface area contributed by atoms with Gasteiger partial charge in [-0.3, -0.25) is 0 Å². The molecule has 1 heterocycles. The molecule has 0 aliphatic rings. The first-order valence-electron chi connectivity index (χ1n) is 5.62. The fourth-order valence-corrected chi connectivity index (χ4v) is 3.84. The number of benzene rings is 1. The van der Waals surface area contributed by atoms with Gasteiger partial charge < -0.3 is 5.32 Å². The van der Waals surface area contributed by atoms with E-state index in [-0.39, 0.29) is 5.56 Å². The Balaban J connectivity index is 2.53. The van der Waals surface area contributed by atoms with Gasteiger partial charge in [-0.25, -0.2) is 0 Å². The van der Waals surface area contributed by atoms with Gasteiger partial charge in [0.05, 0.1) is 20.4 Å². The molecule has 0 saturated carbocycles. The molecule has 1 aromatic heterocycles. The summed E-state index contributed by atoms with van der Waals surface area (Å²) in [6.45, 7) is 0. The molecule has 7 heteroatoms. The van der Waals surface area contributed by atoms with E-state index in [9.17, 15) is 13.2 Å². The summed E-state index contributed by atoms with van der Waals surface area (Å²) in [6, 6.07) is 6.66. The monoisotopic (exact) mass is 383 g/mol. The van der Waals surface area contributed by atoms with Gasteiger partial charge in [-0.05, 0) is 40.7 Å². The number of alkyl halides is 3. The molecule has 1 N–H and O–H groups in total. The zero-order valence-corrected chi connectivity index (χ0v) is 13.4. The first kappa shape index (κ1) is 15.8. The SMILES string of the molecule is CNC(c1cc(Cl)c(Br)s1)c1ccccc1C(F)(F)F. The molecular formula is C13H10BrClF3NS. The van der Waals surface area contributed by atoms with Crippen LogP contribution in [-0.4, -0.2) is 7.05 Å². The maximum absolute atomic E-state index is 13.1. The lowest BCUT2D eigenvalue weighted by Gasteiger charge is -2.20. The highest BCUT2D eigenvalue weighted by Gasteiger charge is 2.35. The quantitative estimate of drug-likeness (QED) is 0.737. The Kier molecular flexibility index (Phi) is 4.79. The summed E-state index contributed by atoms with van der Waals surface area (Å²) in [4.78, 5) is 0.723.